The van der Waals surface area contributed by atoms with Crippen molar-refractivity contribution < 1.29 is 13.9 Å². The number of unbranched alkanes of at least 4 members (excludes halogenated alkanes) is 3. The first-order chi connectivity index (χ1) is 13.3. The highest BCUT2D eigenvalue weighted by atomic mass is 16.5. The number of aryl methyl sites for hydroxylation is 2. The van der Waals surface area contributed by atoms with Crippen LogP contribution in [0.4, 0.5) is 0 Å². The number of carbonyl (C=O) groups excluding carboxylic acids is 1. The third kappa shape index (κ3) is 4.48. The minimum absolute atomic E-state index is 0.0339. The molecule has 0 saturated heterocycles. The van der Waals surface area contributed by atoms with Crippen molar-refractivity contribution in [1.82, 2.24) is 0 Å². The van der Waals surface area contributed by atoms with Gasteiger partial charge in [-0.2, -0.15) is 0 Å². The maximum Gasteiger partial charge on any atom is 0.339 e. The van der Waals surface area contributed by atoms with Crippen LogP contribution in [0.25, 0.3) is 11.0 Å². The lowest BCUT2D eigenvalue weighted by atomic mass is 9.91. The van der Waals surface area contributed by atoms with Gasteiger partial charge in [-0.15, -0.1) is 0 Å². The van der Waals surface area contributed by atoms with E-state index in [0.29, 0.717) is 11.3 Å². The van der Waals surface area contributed by atoms with Crippen molar-refractivity contribution in [1.29, 1.82) is 0 Å². The number of hydrogen-bond donors (Lipinski definition) is 0. The number of benzene rings is 1. The number of carbonyl (C=O) groups is 1. The van der Waals surface area contributed by atoms with Crippen molar-refractivity contribution in [2.45, 2.75) is 79.1 Å². The van der Waals surface area contributed by atoms with Crippen molar-refractivity contribution in [3.63, 3.8) is 0 Å². The first kappa shape index (κ1) is 20.6. The molecule has 0 bridgehead atoms. The molecule has 0 unspecified atom stereocenters. The third-order valence-corrected chi connectivity index (χ3v) is 5.65. The van der Waals surface area contributed by atoms with E-state index in [1.807, 2.05) is 26.8 Å². The molecule has 0 radical (unpaired) electrons. The van der Waals surface area contributed by atoms with Crippen molar-refractivity contribution in [2.24, 2.45) is 5.41 Å². The molecule has 0 saturated carbocycles. The Balaban J connectivity index is 1.95. The Morgan fingerprint density at radius 2 is 1.86 bits per heavy atom. The SMILES string of the molecule is CCCCCCc1cc2c3c(c(=O)oc2cc1OCC(=O)C(C)(C)C)CCC3. The molecule has 28 heavy (non-hydrogen) atoms. The second-order valence-corrected chi connectivity index (χ2v) is 8.93. The summed E-state index contributed by atoms with van der Waals surface area (Å²) in [5, 5.41) is 1.03. The minimum atomic E-state index is -0.439. The maximum atomic E-state index is 12.3. The predicted molar refractivity (Wildman–Crippen MR) is 112 cm³/mol. The van der Waals surface area contributed by atoms with Crippen LogP contribution >= 0.6 is 0 Å². The molecule has 1 aromatic heterocycles. The van der Waals surface area contributed by atoms with E-state index >= 15 is 0 Å². The van der Waals surface area contributed by atoms with E-state index in [2.05, 4.69) is 13.0 Å². The number of ether oxygens (including phenoxy) is 1. The van der Waals surface area contributed by atoms with Crippen LogP contribution in [0, 0.1) is 5.41 Å². The van der Waals surface area contributed by atoms with Gasteiger partial charge in [0.05, 0.1) is 0 Å². The van der Waals surface area contributed by atoms with Crippen LogP contribution in [0.1, 0.15) is 76.5 Å². The Labute approximate surface area is 167 Å². The molecule has 4 nitrogen and oxygen atoms in total. The Bertz CT molecular complexity index is 915. The van der Waals surface area contributed by atoms with Gasteiger partial charge in [0.2, 0.25) is 0 Å². The monoisotopic (exact) mass is 384 g/mol. The van der Waals surface area contributed by atoms with Gasteiger partial charge in [0.25, 0.3) is 0 Å². The first-order valence-corrected chi connectivity index (χ1v) is 10.6. The Morgan fingerprint density at radius 3 is 2.57 bits per heavy atom. The zero-order valence-corrected chi connectivity index (χ0v) is 17.7. The van der Waals surface area contributed by atoms with Gasteiger partial charge in [-0.05, 0) is 49.3 Å². The standard InChI is InChI=1S/C24H32O4/c1-5-6-7-8-10-16-13-19-17-11-9-12-18(17)23(26)28-21(19)14-20(16)27-15-22(25)24(2,3)4/h13-14H,5-12,15H2,1-4H3. The van der Waals surface area contributed by atoms with E-state index in [1.54, 1.807) is 0 Å². The minimum Gasteiger partial charge on any atom is -0.485 e. The predicted octanol–water partition coefficient (Wildman–Crippen LogP) is 5.40. The molecule has 1 heterocycles. The topological polar surface area (TPSA) is 56.5 Å². The summed E-state index contributed by atoms with van der Waals surface area (Å²) in [6.07, 6.45) is 8.31. The summed E-state index contributed by atoms with van der Waals surface area (Å²) in [7, 11) is 0. The van der Waals surface area contributed by atoms with E-state index in [9.17, 15) is 9.59 Å². The van der Waals surface area contributed by atoms with Gasteiger partial charge in [0.1, 0.15) is 17.9 Å². The molecule has 3 rings (SSSR count). The van der Waals surface area contributed by atoms with E-state index in [-0.39, 0.29) is 18.0 Å². The largest absolute Gasteiger partial charge is 0.485 e. The molecular formula is C24H32O4. The van der Waals surface area contributed by atoms with Gasteiger partial charge in [-0.3, -0.25) is 4.79 Å². The fourth-order valence-electron chi connectivity index (χ4n) is 3.79. The summed E-state index contributed by atoms with van der Waals surface area (Å²) in [5.74, 6) is 0.725. The van der Waals surface area contributed by atoms with Crippen LogP contribution in [-0.4, -0.2) is 12.4 Å². The Kier molecular flexibility index (Phi) is 6.26. The zero-order valence-electron chi connectivity index (χ0n) is 17.7. The van der Waals surface area contributed by atoms with E-state index in [0.717, 1.165) is 54.2 Å². The summed E-state index contributed by atoms with van der Waals surface area (Å²) in [4.78, 5) is 24.6. The van der Waals surface area contributed by atoms with Gasteiger partial charge in [0.15, 0.2) is 5.78 Å². The molecule has 2 aromatic rings. The third-order valence-electron chi connectivity index (χ3n) is 5.65. The van der Waals surface area contributed by atoms with Gasteiger partial charge in [-0.25, -0.2) is 4.79 Å². The van der Waals surface area contributed by atoms with Crippen molar-refractivity contribution in [3.05, 3.63) is 39.2 Å². The number of ketones is 1. The average Bonchev–Trinajstić information content (AvgIpc) is 3.13. The zero-order chi connectivity index (χ0) is 20.3. The quantitative estimate of drug-likeness (QED) is 0.452. The average molecular weight is 385 g/mol. The molecule has 0 amide bonds. The van der Waals surface area contributed by atoms with Crippen LogP contribution in [-0.2, 0) is 24.1 Å². The van der Waals surface area contributed by atoms with Crippen molar-refractivity contribution in [2.75, 3.05) is 6.61 Å². The van der Waals surface area contributed by atoms with Gasteiger partial charge >= 0.3 is 5.63 Å². The van der Waals surface area contributed by atoms with E-state index in [4.69, 9.17) is 9.15 Å². The van der Waals surface area contributed by atoms with Crippen LogP contribution in [0.2, 0.25) is 0 Å². The molecule has 1 aliphatic carbocycles. The number of rotatable bonds is 8. The summed E-state index contributed by atoms with van der Waals surface area (Å²) in [6.45, 7) is 7.92. The molecule has 0 fully saturated rings. The molecule has 0 spiro atoms. The molecule has 152 valence electrons. The Hall–Kier alpha value is -2.10. The Morgan fingerprint density at radius 1 is 1.11 bits per heavy atom. The van der Waals surface area contributed by atoms with E-state index in [1.165, 1.54) is 19.3 Å². The smallest absolute Gasteiger partial charge is 0.339 e. The molecule has 1 aliphatic rings. The molecule has 4 heteroatoms. The molecule has 0 atom stereocenters. The van der Waals surface area contributed by atoms with Crippen molar-refractivity contribution in [3.8, 4) is 5.75 Å². The number of Topliss-reactive ketones (excluding diaryl/α,β-unsaturated/α-hetero) is 1. The number of hydrogen-bond acceptors (Lipinski definition) is 4. The highest BCUT2D eigenvalue weighted by Gasteiger charge is 2.24. The number of fused-ring (bicyclic) bond motifs is 3. The molecule has 0 aliphatic heterocycles. The van der Waals surface area contributed by atoms with Gasteiger partial charge in [-0.1, -0.05) is 47.0 Å². The van der Waals surface area contributed by atoms with Crippen LogP contribution in [0.15, 0.2) is 21.3 Å². The van der Waals surface area contributed by atoms with Crippen LogP contribution < -0.4 is 10.4 Å². The summed E-state index contributed by atoms with van der Waals surface area (Å²) in [6, 6.07) is 3.95. The maximum absolute atomic E-state index is 12.3. The van der Waals surface area contributed by atoms with Crippen LogP contribution in [0.3, 0.4) is 0 Å². The molecule has 0 N–H and O–H groups in total. The fraction of sp³-hybridized carbons (Fsp3) is 0.583. The van der Waals surface area contributed by atoms with Crippen molar-refractivity contribution >= 4 is 16.8 Å². The van der Waals surface area contributed by atoms with E-state index < -0.39 is 5.41 Å². The summed E-state index contributed by atoms with van der Waals surface area (Å²) < 4.78 is 11.5. The highest BCUT2D eigenvalue weighted by Crippen LogP contribution is 2.33. The lowest BCUT2D eigenvalue weighted by Gasteiger charge is -2.18. The molecule has 1 aromatic carbocycles. The normalized spacial score (nSPS) is 13.7. The molecular weight excluding hydrogens is 352 g/mol. The first-order valence-electron chi connectivity index (χ1n) is 10.6. The second kappa shape index (κ2) is 8.50. The summed E-state index contributed by atoms with van der Waals surface area (Å²) >= 11 is 0. The van der Waals surface area contributed by atoms with Gasteiger partial charge < -0.3 is 9.15 Å². The summed E-state index contributed by atoms with van der Waals surface area (Å²) in [5.41, 5.74) is 2.98. The fourth-order valence-corrected chi connectivity index (χ4v) is 3.79. The van der Waals surface area contributed by atoms with Gasteiger partial charge in [0, 0.05) is 22.4 Å². The highest BCUT2D eigenvalue weighted by molar-refractivity contribution is 5.86. The lowest BCUT2D eigenvalue weighted by Crippen LogP contribution is -2.26. The second-order valence-electron chi connectivity index (χ2n) is 8.93. The lowest BCUT2D eigenvalue weighted by molar-refractivity contribution is -0.128. The van der Waals surface area contributed by atoms with Crippen LogP contribution in [0.5, 0.6) is 5.75 Å².